The van der Waals surface area contributed by atoms with E-state index in [4.69, 9.17) is 4.74 Å². The fourth-order valence-corrected chi connectivity index (χ4v) is 2.46. The average Bonchev–Trinajstić information content (AvgIpc) is 2.19. The Bertz CT molecular complexity index is 293. The fourth-order valence-electron chi connectivity index (χ4n) is 0.984. The van der Waals surface area contributed by atoms with Crippen LogP contribution in [0.15, 0.2) is 22.7 Å². The topological polar surface area (TPSA) is 9.23 Å². The van der Waals surface area contributed by atoms with Crippen molar-refractivity contribution in [2.45, 2.75) is 5.75 Å². The molecule has 1 nitrogen and oxygen atoms in total. The molecule has 0 heterocycles. The summed E-state index contributed by atoms with van der Waals surface area (Å²) in [5.41, 5.74) is 0.992. The van der Waals surface area contributed by atoms with E-state index in [1.54, 1.807) is 24.9 Å². The maximum absolute atomic E-state index is 13.1. The molecule has 78 valence electrons. The number of ether oxygens (including phenoxy) is 1. The third-order valence-corrected chi connectivity index (χ3v) is 3.58. The second-order valence-corrected chi connectivity index (χ2v) is 4.66. The molecular weight excluding hydrogens is 267 g/mol. The van der Waals surface area contributed by atoms with Gasteiger partial charge >= 0.3 is 0 Å². The summed E-state index contributed by atoms with van der Waals surface area (Å²) in [5, 5.41) is 0. The maximum atomic E-state index is 13.1. The van der Waals surface area contributed by atoms with Crippen LogP contribution in [0.25, 0.3) is 0 Å². The molecule has 0 aliphatic heterocycles. The number of benzene rings is 1. The van der Waals surface area contributed by atoms with Gasteiger partial charge in [0, 0.05) is 18.6 Å². The van der Waals surface area contributed by atoms with E-state index in [-0.39, 0.29) is 5.82 Å². The first-order chi connectivity index (χ1) is 6.75. The zero-order chi connectivity index (χ0) is 10.4. The first kappa shape index (κ1) is 12.0. The molecule has 14 heavy (non-hydrogen) atoms. The minimum atomic E-state index is -0.199. The van der Waals surface area contributed by atoms with Crippen molar-refractivity contribution < 1.29 is 9.13 Å². The summed E-state index contributed by atoms with van der Waals surface area (Å²) in [4.78, 5) is 0. The van der Waals surface area contributed by atoms with Crippen LogP contribution in [0.4, 0.5) is 4.39 Å². The summed E-state index contributed by atoms with van der Waals surface area (Å²) >= 11 is 4.96. The highest BCUT2D eigenvalue weighted by molar-refractivity contribution is 9.10. The summed E-state index contributed by atoms with van der Waals surface area (Å²) < 4.78 is 18.6. The highest BCUT2D eigenvalue weighted by Crippen LogP contribution is 2.24. The van der Waals surface area contributed by atoms with Crippen LogP contribution in [-0.4, -0.2) is 19.5 Å². The van der Waals surface area contributed by atoms with Gasteiger partial charge in [0.15, 0.2) is 0 Å². The Hall–Kier alpha value is -0.0600. The van der Waals surface area contributed by atoms with Crippen LogP contribution in [-0.2, 0) is 10.5 Å². The van der Waals surface area contributed by atoms with E-state index >= 15 is 0 Å². The van der Waals surface area contributed by atoms with Crippen LogP contribution >= 0.6 is 27.7 Å². The van der Waals surface area contributed by atoms with Crippen molar-refractivity contribution in [3.63, 3.8) is 0 Å². The predicted molar refractivity (Wildman–Crippen MR) is 62.1 cm³/mol. The number of thioether (sulfide) groups is 1. The smallest absolute Gasteiger partial charge is 0.137 e. The Morgan fingerprint density at radius 2 is 2.29 bits per heavy atom. The standard InChI is InChI=1S/C10H12BrFOS/c1-13-5-6-14-7-8-3-2-4-9(12)10(8)11/h2-4H,5-7H2,1H3. The minimum absolute atomic E-state index is 0.199. The number of halogens is 2. The van der Waals surface area contributed by atoms with Crippen molar-refractivity contribution in [1.29, 1.82) is 0 Å². The first-order valence-electron chi connectivity index (χ1n) is 4.25. The molecule has 0 unspecified atom stereocenters. The average molecular weight is 279 g/mol. The molecule has 0 atom stereocenters. The molecule has 0 N–H and O–H groups in total. The summed E-state index contributed by atoms with van der Waals surface area (Å²) in [6.45, 7) is 0.734. The zero-order valence-corrected chi connectivity index (χ0v) is 10.3. The molecule has 0 aromatic heterocycles. The maximum Gasteiger partial charge on any atom is 0.137 e. The predicted octanol–water partition coefficient (Wildman–Crippen LogP) is 3.47. The molecular formula is C10H12BrFOS. The lowest BCUT2D eigenvalue weighted by atomic mass is 10.2. The lowest BCUT2D eigenvalue weighted by Gasteiger charge is -2.04. The molecule has 0 amide bonds. The Labute approximate surface area is 96.2 Å². The van der Waals surface area contributed by atoms with Crippen LogP contribution in [0.1, 0.15) is 5.56 Å². The molecule has 1 aromatic carbocycles. The molecule has 1 aromatic rings. The third kappa shape index (κ3) is 3.59. The Morgan fingerprint density at radius 1 is 1.50 bits per heavy atom. The molecule has 0 saturated carbocycles. The van der Waals surface area contributed by atoms with Gasteiger partial charge in [-0.25, -0.2) is 4.39 Å². The van der Waals surface area contributed by atoms with Gasteiger partial charge in [-0.1, -0.05) is 12.1 Å². The van der Waals surface area contributed by atoms with E-state index in [0.29, 0.717) is 4.47 Å². The molecule has 0 saturated heterocycles. The first-order valence-corrected chi connectivity index (χ1v) is 6.20. The van der Waals surface area contributed by atoms with Gasteiger partial charge in [-0.2, -0.15) is 11.8 Å². The summed E-state index contributed by atoms with van der Waals surface area (Å²) in [7, 11) is 1.68. The highest BCUT2D eigenvalue weighted by Gasteiger charge is 2.04. The normalized spacial score (nSPS) is 10.5. The van der Waals surface area contributed by atoms with Gasteiger partial charge in [0.1, 0.15) is 5.82 Å². The second-order valence-electron chi connectivity index (χ2n) is 2.76. The Kier molecular flexibility index (Phi) is 5.52. The molecule has 0 fully saturated rings. The van der Waals surface area contributed by atoms with Gasteiger partial charge in [0.05, 0.1) is 11.1 Å². The quantitative estimate of drug-likeness (QED) is 0.763. The van der Waals surface area contributed by atoms with Gasteiger partial charge in [-0.3, -0.25) is 0 Å². The van der Waals surface area contributed by atoms with Crippen LogP contribution in [0.3, 0.4) is 0 Å². The van der Waals surface area contributed by atoms with Gasteiger partial charge in [-0.05, 0) is 27.6 Å². The van der Waals surface area contributed by atoms with Crippen LogP contribution in [0.5, 0.6) is 0 Å². The van der Waals surface area contributed by atoms with Gasteiger partial charge in [-0.15, -0.1) is 0 Å². The highest BCUT2D eigenvalue weighted by atomic mass is 79.9. The Morgan fingerprint density at radius 3 is 3.00 bits per heavy atom. The van der Waals surface area contributed by atoms with E-state index in [1.807, 2.05) is 6.07 Å². The Balaban J connectivity index is 2.46. The van der Waals surface area contributed by atoms with E-state index in [0.717, 1.165) is 23.7 Å². The number of rotatable bonds is 5. The fraction of sp³-hybridized carbons (Fsp3) is 0.400. The number of hydrogen-bond donors (Lipinski definition) is 0. The van der Waals surface area contributed by atoms with E-state index in [1.165, 1.54) is 6.07 Å². The van der Waals surface area contributed by atoms with Crippen molar-refractivity contribution in [2.24, 2.45) is 0 Å². The molecule has 0 aliphatic carbocycles. The minimum Gasteiger partial charge on any atom is -0.384 e. The van der Waals surface area contributed by atoms with Gasteiger partial charge in [0.25, 0.3) is 0 Å². The second kappa shape index (κ2) is 6.43. The molecule has 0 bridgehead atoms. The summed E-state index contributed by atoms with van der Waals surface area (Å²) in [5.74, 6) is 1.54. The molecule has 1 rings (SSSR count). The summed E-state index contributed by atoms with van der Waals surface area (Å²) in [6, 6.07) is 5.10. The van der Waals surface area contributed by atoms with Crippen LogP contribution < -0.4 is 0 Å². The number of hydrogen-bond acceptors (Lipinski definition) is 2. The SMILES string of the molecule is COCCSCc1cccc(F)c1Br. The zero-order valence-electron chi connectivity index (χ0n) is 7.93. The van der Waals surface area contributed by atoms with Crippen molar-refractivity contribution in [3.8, 4) is 0 Å². The van der Waals surface area contributed by atoms with E-state index in [9.17, 15) is 4.39 Å². The molecule has 0 radical (unpaired) electrons. The van der Waals surface area contributed by atoms with E-state index < -0.39 is 0 Å². The van der Waals surface area contributed by atoms with Gasteiger partial charge in [0.2, 0.25) is 0 Å². The third-order valence-electron chi connectivity index (χ3n) is 1.72. The number of methoxy groups -OCH3 is 1. The molecule has 0 spiro atoms. The van der Waals surface area contributed by atoms with Crippen molar-refractivity contribution in [3.05, 3.63) is 34.1 Å². The van der Waals surface area contributed by atoms with E-state index in [2.05, 4.69) is 15.9 Å². The van der Waals surface area contributed by atoms with Crippen molar-refractivity contribution in [2.75, 3.05) is 19.5 Å². The lowest BCUT2D eigenvalue weighted by molar-refractivity contribution is 0.218. The lowest BCUT2D eigenvalue weighted by Crippen LogP contribution is -1.93. The molecule has 4 heteroatoms. The van der Waals surface area contributed by atoms with Crippen LogP contribution in [0.2, 0.25) is 0 Å². The summed E-state index contributed by atoms with van der Waals surface area (Å²) in [6.07, 6.45) is 0. The monoisotopic (exact) mass is 278 g/mol. The van der Waals surface area contributed by atoms with Crippen molar-refractivity contribution >= 4 is 27.7 Å². The molecule has 0 aliphatic rings. The van der Waals surface area contributed by atoms with Crippen molar-refractivity contribution in [1.82, 2.24) is 0 Å². The largest absolute Gasteiger partial charge is 0.384 e. The van der Waals surface area contributed by atoms with Crippen LogP contribution in [0, 0.1) is 5.82 Å². The van der Waals surface area contributed by atoms with Gasteiger partial charge < -0.3 is 4.74 Å².